The Bertz CT molecular complexity index is 445. The monoisotopic (exact) mass is 241 g/mol. The summed E-state index contributed by atoms with van der Waals surface area (Å²) in [5, 5.41) is 0.487. The molecule has 0 saturated carbocycles. The van der Waals surface area contributed by atoms with Crippen molar-refractivity contribution in [2.24, 2.45) is 5.73 Å². The van der Waals surface area contributed by atoms with Gasteiger partial charge in [0, 0.05) is 11.1 Å². The summed E-state index contributed by atoms with van der Waals surface area (Å²) in [6.45, 7) is 2.59. The minimum Gasteiger partial charge on any atom is -0.486 e. The third-order valence-electron chi connectivity index (χ3n) is 2.49. The van der Waals surface area contributed by atoms with Gasteiger partial charge in [0.15, 0.2) is 17.3 Å². The van der Waals surface area contributed by atoms with Crippen LogP contribution in [0.4, 0.5) is 0 Å². The summed E-state index contributed by atoms with van der Waals surface area (Å²) >= 11 is 6.02. The highest BCUT2D eigenvalue weighted by Crippen LogP contribution is 2.39. The molecule has 0 atom stereocenters. The van der Waals surface area contributed by atoms with Crippen molar-refractivity contribution in [2.45, 2.75) is 6.92 Å². The van der Waals surface area contributed by atoms with E-state index >= 15 is 0 Å². The lowest BCUT2D eigenvalue weighted by Crippen LogP contribution is -2.21. The number of carbonyl (C=O) groups excluding carboxylic acids is 1. The van der Waals surface area contributed by atoms with Crippen LogP contribution in [-0.4, -0.2) is 25.5 Å². The molecule has 2 rings (SSSR count). The maximum atomic E-state index is 11.7. The Morgan fingerprint density at radius 2 is 2.19 bits per heavy atom. The van der Waals surface area contributed by atoms with Gasteiger partial charge in [0.1, 0.15) is 13.2 Å². The zero-order valence-corrected chi connectivity index (χ0v) is 9.63. The molecular formula is C11H12ClNO3. The van der Waals surface area contributed by atoms with Gasteiger partial charge in [-0.05, 0) is 12.5 Å². The molecule has 0 saturated heterocycles. The van der Waals surface area contributed by atoms with Crippen LogP contribution in [0.15, 0.2) is 6.07 Å². The van der Waals surface area contributed by atoms with Crippen LogP contribution in [0.1, 0.15) is 15.9 Å². The molecule has 0 unspecified atom stereocenters. The first kappa shape index (κ1) is 11.2. The lowest BCUT2D eigenvalue weighted by atomic mass is 10.0. The average molecular weight is 242 g/mol. The van der Waals surface area contributed by atoms with Crippen LogP contribution >= 0.6 is 11.6 Å². The van der Waals surface area contributed by atoms with Crippen molar-refractivity contribution >= 4 is 17.4 Å². The van der Waals surface area contributed by atoms with Crippen LogP contribution in [0.3, 0.4) is 0 Å². The molecule has 1 aromatic carbocycles. The summed E-state index contributed by atoms with van der Waals surface area (Å²) in [4.78, 5) is 11.7. The standard InChI is InChI=1S/C11H12ClNO3/c1-6-7(12)4-9-11(16-3-2-15-9)10(6)8(14)5-13/h4H,2-3,5,13H2,1H3. The van der Waals surface area contributed by atoms with E-state index in [1.54, 1.807) is 13.0 Å². The fourth-order valence-electron chi connectivity index (χ4n) is 1.69. The zero-order chi connectivity index (χ0) is 11.7. The van der Waals surface area contributed by atoms with Crippen LogP contribution in [0, 0.1) is 6.92 Å². The summed E-state index contributed by atoms with van der Waals surface area (Å²) < 4.78 is 10.8. The van der Waals surface area contributed by atoms with Crippen LogP contribution in [0.25, 0.3) is 0 Å². The quantitative estimate of drug-likeness (QED) is 0.799. The second kappa shape index (κ2) is 4.31. The van der Waals surface area contributed by atoms with Gasteiger partial charge in [-0.2, -0.15) is 0 Å². The smallest absolute Gasteiger partial charge is 0.180 e. The Kier molecular flexibility index (Phi) is 3.03. The van der Waals surface area contributed by atoms with Crippen LogP contribution in [-0.2, 0) is 0 Å². The van der Waals surface area contributed by atoms with Gasteiger partial charge in [-0.25, -0.2) is 0 Å². The molecule has 2 N–H and O–H groups in total. The summed E-state index contributed by atoms with van der Waals surface area (Å²) in [5.41, 5.74) is 6.48. The molecule has 1 aromatic rings. The minimum atomic E-state index is -0.193. The molecule has 0 radical (unpaired) electrons. The molecular weight excluding hydrogens is 230 g/mol. The second-order valence-electron chi connectivity index (χ2n) is 3.51. The predicted octanol–water partition coefficient (Wildman–Crippen LogP) is 1.56. The van der Waals surface area contributed by atoms with E-state index in [4.69, 9.17) is 26.8 Å². The third-order valence-corrected chi connectivity index (χ3v) is 2.89. The highest BCUT2D eigenvalue weighted by atomic mass is 35.5. The number of ketones is 1. The first-order valence-corrected chi connectivity index (χ1v) is 5.35. The van der Waals surface area contributed by atoms with Gasteiger partial charge in [-0.3, -0.25) is 4.79 Å². The highest BCUT2D eigenvalue weighted by molar-refractivity contribution is 6.32. The van der Waals surface area contributed by atoms with Gasteiger partial charge in [-0.1, -0.05) is 11.6 Å². The molecule has 0 amide bonds. The molecule has 1 aliphatic rings. The fourth-order valence-corrected chi connectivity index (χ4v) is 1.88. The molecule has 0 bridgehead atoms. The van der Waals surface area contributed by atoms with Gasteiger partial charge >= 0.3 is 0 Å². The van der Waals surface area contributed by atoms with E-state index in [-0.39, 0.29) is 12.3 Å². The Hall–Kier alpha value is -1.26. The molecule has 0 fully saturated rings. The van der Waals surface area contributed by atoms with Gasteiger partial charge < -0.3 is 15.2 Å². The molecule has 0 spiro atoms. The summed E-state index contributed by atoms with van der Waals surface area (Å²) in [5.74, 6) is 0.781. The van der Waals surface area contributed by atoms with Crippen molar-refractivity contribution in [3.63, 3.8) is 0 Å². The van der Waals surface area contributed by atoms with E-state index in [1.807, 2.05) is 0 Å². The zero-order valence-electron chi connectivity index (χ0n) is 8.88. The Labute approximate surface area is 98.3 Å². The molecule has 1 heterocycles. The molecule has 16 heavy (non-hydrogen) atoms. The van der Waals surface area contributed by atoms with Gasteiger partial charge in [0.25, 0.3) is 0 Å². The normalized spacial score (nSPS) is 13.7. The van der Waals surface area contributed by atoms with E-state index in [0.29, 0.717) is 40.9 Å². The topological polar surface area (TPSA) is 61.6 Å². The number of benzene rings is 1. The van der Waals surface area contributed by atoms with E-state index in [1.165, 1.54) is 0 Å². The van der Waals surface area contributed by atoms with Crippen LogP contribution < -0.4 is 15.2 Å². The first-order valence-electron chi connectivity index (χ1n) is 4.97. The van der Waals surface area contributed by atoms with Crippen molar-refractivity contribution in [2.75, 3.05) is 19.8 Å². The maximum absolute atomic E-state index is 11.7. The van der Waals surface area contributed by atoms with Gasteiger partial charge in [0.2, 0.25) is 0 Å². The second-order valence-corrected chi connectivity index (χ2v) is 3.92. The van der Waals surface area contributed by atoms with Crippen molar-refractivity contribution in [1.29, 1.82) is 0 Å². The van der Waals surface area contributed by atoms with Crippen LogP contribution in [0.5, 0.6) is 11.5 Å². The predicted molar refractivity (Wildman–Crippen MR) is 60.6 cm³/mol. The number of halogens is 1. The number of hydrogen-bond donors (Lipinski definition) is 1. The number of carbonyl (C=O) groups is 1. The third kappa shape index (κ3) is 1.74. The molecule has 4 nitrogen and oxygen atoms in total. The average Bonchev–Trinajstić information content (AvgIpc) is 2.30. The number of fused-ring (bicyclic) bond motifs is 1. The van der Waals surface area contributed by atoms with E-state index in [0.717, 1.165) is 0 Å². The van der Waals surface area contributed by atoms with Gasteiger partial charge in [-0.15, -0.1) is 0 Å². The molecule has 86 valence electrons. The molecule has 0 aliphatic carbocycles. The first-order chi connectivity index (χ1) is 7.65. The maximum Gasteiger partial charge on any atom is 0.180 e. The van der Waals surface area contributed by atoms with Crippen molar-refractivity contribution in [3.8, 4) is 11.5 Å². The van der Waals surface area contributed by atoms with Crippen molar-refractivity contribution in [1.82, 2.24) is 0 Å². The summed E-state index contributed by atoms with van der Waals surface area (Å²) in [6.07, 6.45) is 0. The van der Waals surface area contributed by atoms with Crippen LogP contribution in [0.2, 0.25) is 5.02 Å². The SMILES string of the molecule is Cc1c(Cl)cc2c(c1C(=O)CN)OCCO2. The minimum absolute atomic E-state index is 0.0724. The number of Topliss-reactive ketones (excluding diaryl/α,β-unsaturated/α-hetero) is 1. The highest BCUT2D eigenvalue weighted by Gasteiger charge is 2.24. The van der Waals surface area contributed by atoms with E-state index in [2.05, 4.69) is 0 Å². The van der Waals surface area contributed by atoms with Gasteiger partial charge in [0.05, 0.1) is 12.1 Å². The van der Waals surface area contributed by atoms with Crippen molar-refractivity contribution in [3.05, 3.63) is 22.2 Å². The number of nitrogens with two attached hydrogens (primary N) is 1. The number of ether oxygens (including phenoxy) is 2. The fraction of sp³-hybridized carbons (Fsp3) is 0.364. The Morgan fingerprint density at radius 1 is 1.50 bits per heavy atom. The van der Waals surface area contributed by atoms with Crippen molar-refractivity contribution < 1.29 is 14.3 Å². The Balaban J connectivity index is 2.63. The lowest BCUT2D eigenvalue weighted by molar-refractivity contribution is 0.0989. The summed E-state index contributed by atoms with van der Waals surface area (Å²) in [6, 6.07) is 1.67. The number of hydrogen-bond acceptors (Lipinski definition) is 4. The Morgan fingerprint density at radius 3 is 2.88 bits per heavy atom. The molecule has 1 aliphatic heterocycles. The largest absolute Gasteiger partial charge is 0.486 e. The number of rotatable bonds is 2. The molecule has 5 heteroatoms. The van der Waals surface area contributed by atoms with E-state index in [9.17, 15) is 4.79 Å². The lowest BCUT2D eigenvalue weighted by Gasteiger charge is -2.22. The van der Waals surface area contributed by atoms with E-state index < -0.39 is 0 Å². The molecule has 0 aromatic heterocycles. The summed E-state index contributed by atoms with van der Waals surface area (Å²) in [7, 11) is 0.